The zero-order valence-electron chi connectivity index (χ0n) is 15.3. The first kappa shape index (κ1) is 17.6. The van der Waals surface area contributed by atoms with Gasteiger partial charge in [0, 0.05) is 11.7 Å². The number of carbonyl (C=O) groups is 1. The van der Waals surface area contributed by atoms with Crippen LogP contribution in [0.3, 0.4) is 0 Å². The van der Waals surface area contributed by atoms with Gasteiger partial charge in [-0.05, 0) is 54.3 Å². The molecule has 4 rings (SSSR count). The van der Waals surface area contributed by atoms with E-state index >= 15 is 0 Å². The summed E-state index contributed by atoms with van der Waals surface area (Å²) in [6.07, 6.45) is 2.22. The molecule has 1 aliphatic heterocycles. The van der Waals surface area contributed by atoms with Crippen LogP contribution in [0.15, 0.2) is 72.8 Å². The standard InChI is InChI=1S/C23H25N3O/c24-22(27)23(26-19-10-2-1-3-11-19)13-14-25-20(16-23)15-18-9-6-8-17-7-4-5-12-21(17)18/h1-12,20,25-26H,13-16H2,(H2,24,27). The van der Waals surface area contributed by atoms with Gasteiger partial charge >= 0.3 is 0 Å². The molecule has 0 saturated carbocycles. The number of piperidine rings is 1. The summed E-state index contributed by atoms with van der Waals surface area (Å²) in [7, 11) is 0. The van der Waals surface area contributed by atoms with Crippen LogP contribution in [0, 0.1) is 0 Å². The first-order valence-corrected chi connectivity index (χ1v) is 9.49. The number of fused-ring (bicyclic) bond motifs is 1. The number of hydrogen-bond acceptors (Lipinski definition) is 3. The summed E-state index contributed by atoms with van der Waals surface area (Å²) in [5, 5.41) is 9.53. The number of nitrogens with two attached hydrogens (primary N) is 1. The Bertz CT molecular complexity index is 935. The molecular formula is C23H25N3O. The third-order valence-electron chi connectivity index (χ3n) is 5.55. The highest BCUT2D eigenvalue weighted by Crippen LogP contribution is 2.29. The number of anilines is 1. The molecule has 0 bridgehead atoms. The molecule has 0 aliphatic carbocycles. The van der Waals surface area contributed by atoms with Crippen LogP contribution in [0.5, 0.6) is 0 Å². The molecular weight excluding hydrogens is 334 g/mol. The molecule has 1 fully saturated rings. The Labute approximate surface area is 159 Å². The summed E-state index contributed by atoms with van der Waals surface area (Å²) in [5.74, 6) is -0.282. The minimum atomic E-state index is -0.720. The van der Waals surface area contributed by atoms with Crippen molar-refractivity contribution in [1.82, 2.24) is 5.32 Å². The van der Waals surface area contributed by atoms with E-state index in [2.05, 4.69) is 53.1 Å². The van der Waals surface area contributed by atoms with Gasteiger partial charge in [-0.3, -0.25) is 4.79 Å². The van der Waals surface area contributed by atoms with Gasteiger partial charge in [0.25, 0.3) is 0 Å². The summed E-state index contributed by atoms with van der Waals surface area (Å²) in [4.78, 5) is 12.4. The van der Waals surface area contributed by atoms with Gasteiger partial charge < -0.3 is 16.4 Å². The van der Waals surface area contributed by atoms with Gasteiger partial charge in [0.15, 0.2) is 0 Å². The van der Waals surface area contributed by atoms with Gasteiger partial charge in [-0.25, -0.2) is 0 Å². The Hall–Kier alpha value is -2.85. The maximum Gasteiger partial charge on any atom is 0.243 e. The fourth-order valence-electron chi connectivity index (χ4n) is 4.16. The Kier molecular flexibility index (Phi) is 4.82. The van der Waals surface area contributed by atoms with Crippen molar-refractivity contribution in [2.75, 3.05) is 11.9 Å². The molecule has 1 heterocycles. The van der Waals surface area contributed by atoms with E-state index in [0.29, 0.717) is 12.8 Å². The van der Waals surface area contributed by atoms with Crippen LogP contribution in [0.25, 0.3) is 10.8 Å². The predicted molar refractivity (Wildman–Crippen MR) is 111 cm³/mol. The third-order valence-corrected chi connectivity index (χ3v) is 5.55. The Morgan fingerprint density at radius 1 is 1.04 bits per heavy atom. The van der Waals surface area contributed by atoms with Crippen molar-refractivity contribution in [2.24, 2.45) is 5.73 Å². The highest BCUT2D eigenvalue weighted by Gasteiger charge is 2.41. The van der Waals surface area contributed by atoms with Crippen LogP contribution in [-0.4, -0.2) is 24.0 Å². The number of primary amides is 1. The van der Waals surface area contributed by atoms with Crippen LogP contribution in [0.4, 0.5) is 5.69 Å². The molecule has 4 heteroatoms. The highest BCUT2D eigenvalue weighted by molar-refractivity contribution is 5.88. The summed E-state index contributed by atoms with van der Waals surface area (Å²) >= 11 is 0. The number of hydrogen-bond donors (Lipinski definition) is 3. The normalized spacial score (nSPS) is 22.4. The van der Waals surface area contributed by atoms with Crippen molar-refractivity contribution >= 4 is 22.4 Å². The molecule has 1 saturated heterocycles. The lowest BCUT2D eigenvalue weighted by molar-refractivity contribution is -0.123. The average molecular weight is 359 g/mol. The molecule has 1 aliphatic rings. The van der Waals surface area contributed by atoms with Gasteiger partial charge in [-0.1, -0.05) is 60.7 Å². The molecule has 0 radical (unpaired) electrons. The van der Waals surface area contributed by atoms with E-state index in [1.165, 1.54) is 16.3 Å². The van der Waals surface area contributed by atoms with Gasteiger partial charge in [0.1, 0.15) is 5.54 Å². The number of para-hydroxylation sites is 1. The fourth-order valence-corrected chi connectivity index (χ4v) is 4.16. The lowest BCUT2D eigenvalue weighted by atomic mass is 9.81. The molecule has 0 spiro atoms. The maximum atomic E-state index is 12.4. The largest absolute Gasteiger partial charge is 0.371 e. The smallest absolute Gasteiger partial charge is 0.243 e. The summed E-state index contributed by atoms with van der Waals surface area (Å²) in [6.45, 7) is 0.762. The molecule has 2 unspecified atom stereocenters. The van der Waals surface area contributed by atoms with Crippen molar-refractivity contribution < 1.29 is 4.79 Å². The monoisotopic (exact) mass is 359 g/mol. The van der Waals surface area contributed by atoms with E-state index in [9.17, 15) is 4.79 Å². The number of carbonyl (C=O) groups excluding carboxylic acids is 1. The average Bonchev–Trinajstić information content (AvgIpc) is 2.69. The first-order chi connectivity index (χ1) is 13.2. The summed E-state index contributed by atoms with van der Waals surface area (Å²) in [6, 6.07) is 24.9. The van der Waals surface area contributed by atoms with E-state index in [1.807, 2.05) is 30.3 Å². The Balaban J connectivity index is 1.58. The minimum absolute atomic E-state index is 0.188. The van der Waals surface area contributed by atoms with Crippen molar-refractivity contribution in [1.29, 1.82) is 0 Å². The van der Waals surface area contributed by atoms with E-state index in [1.54, 1.807) is 0 Å². The van der Waals surface area contributed by atoms with Crippen molar-refractivity contribution in [2.45, 2.75) is 30.8 Å². The zero-order chi connectivity index (χ0) is 18.7. The van der Waals surface area contributed by atoms with Crippen LogP contribution in [-0.2, 0) is 11.2 Å². The van der Waals surface area contributed by atoms with Crippen molar-refractivity contribution in [3.8, 4) is 0 Å². The molecule has 0 aromatic heterocycles. The molecule has 2 atom stereocenters. The topological polar surface area (TPSA) is 67.2 Å². The highest BCUT2D eigenvalue weighted by atomic mass is 16.1. The SMILES string of the molecule is NC(=O)C1(Nc2ccccc2)CCNC(Cc2cccc3ccccc23)C1. The minimum Gasteiger partial charge on any atom is -0.371 e. The quantitative estimate of drug-likeness (QED) is 0.653. The van der Waals surface area contributed by atoms with E-state index < -0.39 is 5.54 Å². The van der Waals surface area contributed by atoms with Gasteiger partial charge in [-0.15, -0.1) is 0 Å². The van der Waals surface area contributed by atoms with Crippen molar-refractivity contribution in [3.05, 3.63) is 78.4 Å². The van der Waals surface area contributed by atoms with Gasteiger partial charge in [0.2, 0.25) is 5.91 Å². The second-order valence-corrected chi connectivity index (χ2v) is 7.38. The summed E-state index contributed by atoms with van der Waals surface area (Å²) in [5.41, 5.74) is 7.38. The van der Waals surface area contributed by atoms with Gasteiger partial charge in [-0.2, -0.15) is 0 Å². The number of rotatable bonds is 5. The molecule has 4 nitrogen and oxygen atoms in total. The van der Waals surface area contributed by atoms with Crippen molar-refractivity contribution in [3.63, 3.8) is 0 Å². The van der Waals surface area contributed by atoms with Crippen LogP contribution >= 0.6 is 0 Å². The van der Waals surface area contributed by atoms with Crippen LogP contribution < -0.4 is 16.4 Å². The molecule has 138 valence electrons. The van der Waals surface area contributed by atoms with Crippen LogP contribution in [0.2, 0.25) is 0 Å². The Morgan fingerprint density at radius 2 is 1.78 bits per heavy atom. The first-order valence-electron chi connectivity index (χ1n) is 9.49. The number of nitrogens with one attached hydrogen (secondary N) is 2. The molecule has 27 heavy (non-hydrogen) atoms. The molecule has 3 aromatic carbocycles. The molecule has 3 aromatic rings. The lowest BCUT2D eigenvalue weighted by Gasteiger charge is -2.40. The van der Waals surface area contributed by atoms with E-state index in [4.69, 9.17) is 5.73 Å². The zero-order valence-corrected chi connectivity index (χ0v) is 15.3. The van der Waals surface area contributed by atoms with E-state index in [0.717, 1.165) is 18.7 Å². The van der Waals surface area contributed by atoms with Gasteiger partial charge in [0.05, 0.1) is 0 Å². The fraction of sp³-hybridized carbons (Fsp3) is 0.261. The van der Waals surface area contributed by atoms with E-state index in [-0.39, 0.29) is 11.9 Å². The number of benzene rings is 3. The third kappa shape index (κ3) is 3.67. The Morgan fingerprint density at radius 3 is 2.59 bits per heavy atom. The maximum absolute atomic E-state index is 12.4. The predicted octanol–water partition coefficient (Wildman–Crippen LogP) is 3.47. The summed E-state index contributed by atoms with van der Waals surface area (Å²) < 4.78 is 0. The lowest BCUT2D eigenvalue weighted by Crippen LogP contribution is -2.59. The second kappa shape index (κ2) is 7.41. The van der Waals surface area contributed by atoms with Crippen LogP contribution in [0.1, 0.15) is 18.4 Å². The molecule has 1 amide bonds. The second-order valence-electron chi connectivity index (χ2n) is 7.38. The molecule has 4 N–H and O–H groups in total. The number of amides is 1.